The van der Waals surface area contributed by atoms with E-state index in [0.29, 0.717) is 6.54 Å². The van der Waals surface area contributed by atoms with Crippen LogP contribution in [0.1, 0.15) is 30.5 Å². The molecule has 0 radical (unpaired) electrons. The van der Waals surface area contributed by atoms with Crippen LogP contribution in [0.15, 0.2) is 24.3 Å². The summed E-state index contributed by atoms with van der Waals surface area (Å²) in [6.45, 7) is 2.29. The number of rotatable bonds is 5. The number of aliphatic hydroxyl groups is 1. The van der Waals surface area contributed by atoms with Gasteiger partial charge >= 0.3 is 0 Å². The smallest absolute Gasteiger partial charge is 0.225 e. The molecular formula is C15H20N2O3. The lowest BCUT2D eigenvalue weighted by atomic mass is 10.0. The first-order valence-electron chi connectivity index (χ1n) is 6.90. The molecule has 20 heavy (non-hydrogen) atoms. The van der Waals surface area contributed by atoms with Crippen molar-refractivity contribution in [1.29, 1.82) is 0 Å². The predicted octanol–water partition coefficient (Wildman–Crippen LogP) is 0.535. The largest absolute Gasteiger partial charge is 0.394 e. The molecule has 5 heteroatoms. The molecule has 1 aromatic rings. The summed E-state index contributed by atoms with van der Waals surface area (Å²) < 4.78 is 0. The second-order valence-electron chi connectivity index (χ2n) is 5.04. The van der Waals surface area contributed by atoms with E-state index >= 15 is 0 Å². The lowest BCUT2D eigenvalue weighted by Gasteiger charge is -2.19. The van der Waals surface area contributed by atoms with Crippen molar-refractivity contribution in [2.24, 2.45) is 5.92 Å². The molecule has 1 saturated heterocycles. The highest BCUT2D eigenvalue weighted by Gasteiger charge is 2.29. The molecule has 2 amide bonds. The Kier molecular flexibility index (Phi) is 4.74. The quantitative estimate of drug-likeness (QED) is 0.734. The Morgan fingerprint density at radius 3 is 2.65 bits per heavy atom. The van der Waals surface area contributed by atoms with Crippen molar-refractivity contribution in [2.45, 2.75) is 25.8 Å². The summed E-state index contributed by atoms with van der Waals surface area (Å²) >= 11 is 0. The summed E-state index contributed by atoms with van der Waals surface area (Å²) in [5, 5.41) is 14.9. The summed E-state index contributed by atoms with van der Waals surface area (Å²) in [4.78, 5) is 23.2. The van der Waals surface area contributed by atoms with Crippen LogP contribution in [-0.2, 0) is 16.0 Å². The Labute approximate surface area is 118 Å². The van der Waals surface area contributed by atoms with Crippen LogP contribution in [0.25, 0.3) is 0 Å². The molecule has 2 unspecified atom stereocenters. The van der Waals surface area contributed by atoms with Gasteiger partial charge in [0, 0.05) is 13.0 Å². The van der Waals surface area contributed by atoms with Gasteiger partial charge in [-0.25, -0.2) is 0 Å². The van der Waals surface area contributed by atoms with Crippen LogP contribution in [0.4, 0.5) is 0 Å². The number of aryl methyl sites for hydroxylation is 1. The third kappa shape index (κ3) is 3.36. The van der Waals surface area contributed by atoms with Gasteiger partial charge in [-0.15, -0.1) is 0 Å². The summed E-state index contributed by atoms with van der Waals surface area (Å²) in [5.41, 5.74) is 2.08. The fourth-order valence-corrected chi connectivity index (χ4v) is 2.30. The topological polar surface area (TPSA) is 78.4 Å². The molecule has 1 aromatic carbocycles. The number of aliphatic hydroxyl groups excluding tert-OH is 1. The molecule has 1 aliphatic heterocycles. The van der Waals surface area contributed by atoms with Gasteiger partial charge in [-0.3, -0.25) is 9.59 Å². The number of carbonyl (C=O) groups is 2. The van der Waals surface area contributed by atoms with Crippen LogP contribution < -0.4 is 10.6 Å². The Morgan fingerprint density at radius 1 is 1.45 bits per heavy atom. The van der Waals surface area contributed by atoms with E-state index in [-0.39, 0.29) is 30.8 Å². The molecule has 1 fully saturated rings. The van der Waals surface area contributed by atoms with E-state index in [0.717, 1.165) is 12.0 Å². The van der Waals surface area contributed by atoms with E-state index < -0.39 is 6.04 Å². The Hall–Kier alpha value is -1.88. The minimum atomic E-state index is -0.427. The number of benzene rings is 1. The molecular weight excluding hydrogens is 256 g/mol. The molecule has 0 aromatic heterocycles. The first kappa shape index (κ1) is 14.5. The van der Waals surface area contributed by atoms with Crippen LogP contribution in [-0.4, -0.2) is 30.1 Å². The molecule has 108 valence electrons. The molecule has 0 bridgehead atoms. The normalized spacial score (nSPS) is 19.5. The molecule has 2 atom stereocenters. The summed E-state index contributed by atoms with van der Waals surface area (Å²) in [5.74, 6) is -0.633. The zero-order valence-corrected chi connectivity index (χ0v) is 11.6. The van der Waals surface area contributed by atoms with Crippen molar-refractivity contribution < 1.29 is 14.7 Å². The Morgan fingerprint density at radius 2 is 2.15 bits per heavy atom. The second-order valence-corrected chi connectivity index (χ2v) is 5.04. The standard InChI is InChI=1S/C15H20N2O3/c1-2-10-3-5-11(6-4-10)13(9-18)17-15(20)12-7-14(19)16-8-12/h3-6,12-13,18H,2,7-9H2,1H3,(H,16,19)(H,17,20). The zero-order valence-electron chi connectivity index (χ0n) is 11.6. The fourth-order valence-electron chi connectivity index (χ4n) is 2.30. The minimum absolute atomic E-state index is 0.0991. The van der Waals surface area contributed by atoms with Gasteiger partial charge in [0.15, 0.2) is 0 Å². The van der Waals surface area contributed by atoms with Gasteiger partial charge in [0.1, 0.15) is 0 Å². The van der Waals surface area contributed by atoms with E-state index in [4.69, 9.17) is 0 Å². The molecule has 2 rings (SSSR count). The lowest BCUT2D eigenvalue weighted by Crippen LogP contribution is -2.36. The van der Waals surface area contributed by atoms with Crippen LogP contribution >= 0.6 is 0 Å². The van der Waals surface area contributed by atoms with Crippen LogP contribution in [0, 0.1) is 5.92 Å². The Balaban J connectivity index is 2.00. The van der Waals surface area contributed by atoms with Gasteiger partial charge in [-0.1, -0.05) is 31.2 Å². The van der Waals surface area contributed by atoms with Crippen molar-refractivity contribution in [2.75, 3.05) is 13.2 Å². The van der Waals surface area contributed by atoms with Crippen molar-refractivity contribution in [3.63, 3.8) is 0 Å². The van der Waals surface area contributed by atoms with Gasteiger partial charge in [-0.05, 0) is 17.5 Å². The van der Waals surface area contributed by atoms with Gasteiger partial charge in [0.05, 0.1) is 18.6 Å². The second kappa shape index (κ2) is 6.52. The fraction of sp³-hybridized carbons (Fsp3) is 0.467. The summed E-state index contributed by atoms with van der Waals surface area (Å²) in [6, 6.07) is 7.38. The average molecular weight is 276 g/mol. The summed E-state index contributed by atoms with van der Waals surface area (Å²) in [6.07, 6.45) is 1.17. The van der Waals surface area contributed by atoms with Crippen molar-refractivity contribution in [1.82, 2.24) is 10.6 Å². The van der Waals surface area contributed by atoms with E-state index in [1.54, 1.807) is 0 Å². The molecule has 1 aliphatic rings. The van der Waals surface area contributed by atoms with Crippen molar-refractivity contribution in [3.05, 3.63) is 35.4 Å². The third-order valence-electron chi connectivity index (χ3n) is 3.64. The van der Waals surface area contributed by atoms with Gasteiger partial charge in [-0.2, -0.15) is 0 Å². The maximum Gasteiger partial charge on any atom is 0.225 e. The number of hydrogen-bond donors (Lipinski definition) is 3. The number of hydrogen-bond acceptors (Lipinski definition) is 3. The van der Waals surface area contributed by atoms with Crippen LogP contribution in [0.2, 0.25) is 0 Å². The van der Waals surface area contributed by atoms with E-state index in [1.807, 2.05) is 24.3 Å². The lowest BCUT2D eigenvalue weighted by molar-refractivity contribution is -0.127. The average Bonchev–Trinajstić information content (AvgIpc) is 2.91. The summed E-state index contributed by atoms with van der Waals surface area (Å²) in [7, 11) is 0. The number of nitrogens with one attached hydrogen (secondary N) is 2. The highest BCUT2D eigenvalue weighted by molar-refractivity contribution is 5.89. The van der Waals surface area contributed by atoms with Gasteiger partial charge < -0.3 is 15.7 Å². The molecule has 0 spiro atoms. The molecule has 0 saturated carbocycles. The van der Waals surface area contributed by atoms with Crippen molar-refractivity contribution in [3.8, 4) is 0 Å². The van der Waals surface area contributed by atoms with Gasteiger partial charge in [0.25, 0.3) is 0 Å². The molecule has 3 N–H and O–H groups in total. The van der Waals surface area contributed by atoms with E-state index in [9.17, 15) is 14.7 Å². The SMILES string of the molecule is CCc1ccc(C(CO)NC(=O)C2CNC(=O)C2)cc1. The van der Waals surface area contributed by atoms with Crippen molar-refractivity contribution >= 4 is 11.8 Å². The molecule has 5 nitrogen and oxygen atoms in total. The van der Waals surface area contributed by atoms with Crippen LogP contribution in [0.5, 0.6) is 0 Å². The van der Waals surface area contributed by atoms with E-state index in [2.05, 4.69) is 17.6 Å². The monoisotopic (exact) mass is 276 g/mol. The zero-order chi connectivity index (χ0) is 14.5. The highest BCUT2D eigenvalue weighted by atomic mass is 16.3. The predicted molar refractivity (Wildman–Crippen MR) is 74.9 cm³/mol. The highest BCUT2D eigenvalue weighted by Crippen LogP contribution is 2.16. The first-order chi connectivity index (χ1) is 9.63. The Bertz CT molecular complexity index is 484. The number of carbonyl (C=O) groups excluding carboxylic acids is 2. The third-order valence-corrected chi connectivity index (χ3v) is 3.64. The van der Waals surface area contributed by atoms with Crippen LogP contribution in [0.3, 0.4) is 0 Å². The molecule has 0 aliphatic carbocycles. The maximum atomic E-state index is 12.0. The van der Waals surface area contributed by atoms with E-state index in [1.165, 1.54) is 5.56 Å². The minimum Gasteiger partial charge on any atom is -0.394 e. The molecule has 1 heterocycles. The number of amides is 2. The van der Waals surface area contributed by atoms with Gasteiger partial charge in [0.2, 0.25) is 11.8 Å². The first-order valence-corrected chi connectivity index (χ1v) is 6.90. The maximum absolute atomic E-state index is 12.0.